The highest BCUT2D eigenvalue weighted by Gasteiger charge is 2.27. The Morgan fingerprint density at radius 1 is 0.889 bits per heavy atom. The monoisotopic (exact) mass is 482 g/mol. The minimum atomic E-state index is -0.558. The fourth-order valence-corrected chi connectivity index (χ4v) is 5.06. The number of rotatable bonds is 4. The summed E-state index contributed by atoms with van der Waals surface area (Å²) >= 11 is 0. The molecule has 0 aliphatic carbocycles. The van der Waals surface area contributed by atoms with E-state index in [1.54, 1.807) is 7.05 Å². The number of nitrogens with zero attached hydrogens (tertiary/aromatic N) is 4. The Bertz CT molecular complexity index is 1550. The molecule has 0 saturated carbocycles. The number of aromatic nitrogens is 2. The summed E-state index contributed by atoms with van der Waals surface area (Å²) in [4.78, 5) is 42.7. The van der Waals surface area contributed by atoms with Crippen LogP contribution in [0.15, 0.2) is 82.4 Å². The summed E-state index contributed by atoms with van der Waals surface area (Å²) in [5.74, 6) is 0.00786. The molecule has 1 aliphatic heterocycles. The maximum Gasteiger partial charge on any atom is 0.317 e. The van der Waals surface area contributed by atoms with Crippen molar-refractivity contribution in [2.45, 2.75) is 26.4 Å². The maximum absolute atomic E-state index is 13.2. The number of benzene rings is 3. The van der Waals surface area contributed by atoms with Gasteiger partial charge >= 0.3 is 11.1 Å². The zero-order valence-electron chi connectivity index (χ0n) is 20.8. The topological polar surface area (TPSA) is 67.5 Å². The second-order valence-corrected chi connectivity index (χ2v) is 9.57. The second-order valence-electron chi connectivity index (χ2n) is 9.57. The molecule has 184 valence electrons. The molecule has 1 amide bonds. The number of hydrogen-bond donors (Lipinski definition) is 0. The molecular weight excluding hydrogens is 452 g/mol. The fourth-order valence-electron chi connectivity index (χ4n) is 5.06. The molecule has 36 heavy (non-hydrogen) atoms. The fraction of sp³-hybridized carbons (Fsp3) is 0.276. The van der Waals surface area contributed by atoms with E-state index in [2.05, 4.69) is 43.0 Å². The van der Waals surface area contributed by atoms with Gasteiger partial charge in [-0.3, -0.25) is 19.0 Å². The van der Waals surface area contributed by atoms with Crippen LogP contribution in [0.5, 0.6) is 0 Å². The number of hydrogen-bond acceptors (Lipinski definition) is 4. The third kappa shape index (κ3) is 4.33. The number of fused-ring (bicyclic) bond motifs is 1. The number of anilines is 1. The van der Waals surface area contributed by atoms with Crippen molar-refractivity contribution in [3.05, 3.63) is 110 Å². The Morgan fingerprint density at radius 3 is 2.31 bits per heavy atom. The number of aryl methyl sites for hydroxylation is 2. The van der Waals surface area contributed by atoms with E-state index in [4.69, 9.17) is 0 Å². The van der Waals surface area contributed by atoms with Crippen molar-refractivity contribution in [3.63, 3.8) is 0 Å². The number of carbonyl (C=O) groups is 1. The summed E-state index contributed by atoms with van der Waals surface area (Å²) in [5.41, 5.74) is 4.18. The molecule has 7 heteroatoms. The summed E-state index contributed by atoms with van der Waals surface area (Å²) in [5, 5.41) is 0. The van der Waals surface area contributed by atoms with Crippen LogP contribution in [0.4, 0.5) is 5.69 Å². The van der Waals surface area contributed by atoms with Crippen molar-refractivity contribution in [2.24, 2.45) is 7.05 Å². The van der Waals surface area contributed by atoms with E-state index < -0.39 is 11.1 Å². The van der Waals surface area contributed by atoms with Crippen LogP contribution >= 0.6 is 0 Å². The van der Waals surface area contributed by atoms with Gasteiger partial charge in [0.25, 0.3) is 5.91 Å². The van der Waals surface area contributed by atoms with Gasteiger partial charge in [-0.05, 0) is 61.4 Å². The molecule has 1 aliphatic rings. The van der Waals surface area contributed by atoms with Gasteiger partial charge in [0.1, 0.15) is 0 Å². The first-order valence-corrected chi connectivity index (χ1v) is 12.2. The van der Waals surface area contributed by atoms with Gasteiger partial charge < -0.3 is 14.4 Å². The van der Waals surface area contributed by atoms with Crippen LogP contribution in [0.1, 0.15) is 28.4 Å². The third-order valence-electron chi connectivity index (χ3n) is 7.06. The van der Waals surface area contributed by atoms with E-state index in [1.807, 2.05) is 53.4 Å². The van der Waals surface area contributed by atoms with Gasteiger partial charge in [-0.1, -0.05) is 36.4 Å². The van der Waals surface area contributed by atoms with Gasteiger partial charge in [0.15, 0.2) is 0 Å². The maximum atomic E-state index is 13.2. The third-order valence-corrected chi connectivity index (χ3v) is 7.06. The lowest BCUT2D eigenvalue weighted by molar-refractivity contribution is 0.0726. The predicted octanol–water partition coefficient (Wildman–Crippen LogP) is 3.41. The molecule has 1 saturated heterocycles. The number of amides is 1. The molecule has 3 aromatic carbocycles. The number of piperazine rings is 1. The first-order chi connectivity index (χ1) is 17.3. The van der Waals surface area contributed by atoms with Crippen molar-refractivity contribution in [1.82, 2.24) is 14.0 Å². The van der Waals surface area contributed by atoms with E-state index in [0.29, 0.717) is 29.7 Å². The molecule has 0 bridgehead atoms. The summed E-state index contributed by atoms with van der Waals surface area (Å²) < 4.78 is 2.89. The summed E-state index contributed by atoms with van der Waals surface area (Å²) in [6.07, 6.45) is 0. The summed E-state index contributed by atoms with van der Waals surface area (Å²) in [6.45, 7) is 6.60. The minimum absolute atomic E-state index is 0.00786. The Kier molecular flexibility index (Phi) is 6.22. The lowest BCUT2D eigenvalue weighted by Gasteiger charge is -2.41. The normalized spacial score (nSPS) is 15.9. The number of para-hydroxylation sites is 2. The van der Waals surface area contributed by atoms with E-state index in [0.717, 1.165) is 12.1 Å². The molecule has 2 heterocycles. The molecule has 0 N–H and O–H groups in total. The average molecular weight is 483 g/mol. The van der Waals surface area contributed by atoms with Gasteiger partial charge in [0.2, 0.25) is 0 Å². The molecule has 7 nitrogen and oxygen atoms in total. The smallest absolute Gasteiger partial charge is 0.317 e. The zero-order valence-corrected chi connectivity index (χ0v) is 20.8. The molecule has 0 radical (unpaired) electrons. The van der Waals surface area contributed by atoms with Crippen LogP contribution in [-0.2, 0) is 13.6 Å². The Morgan fingerprint density at radius 2 is 1.61 bits per heavy atom. The van der Waals surface area contributed by atoms with Crippen LogP contribution in [-0.4, -0.2) is 45.6 Å². The first kappa shape index (κ1) is 23.6. The molecule has 1 fully saturated rings. The highest BCUT2D eigenvalue weighted by molar-refractivity contribution is 5.94. The van der Waals surface area contributed by atoms with Crippen molar-refractivity contribution in [3.8, 4) is 0 Å². The van der Waals surface area contributed by atoms with E-state index in [-0.39, 0.29) is 18.5 Å². The average Bonchev–Trinajstić information content (AvgIpc) is 2.89. The van der Waals surface area contributed by atoms with Crippen LogP contribution in [0.3, 0.4) is 0 Å². The Labute approximate surface area is 209 Å². The van der Waals surface area contributed by atoms with Crippen molar-refractivity contribution in [2.75, 3.05) is 24.5 Å². The van der Waals surface area contributed by atoms with Crippen molar-refractivity contribution in [1.29, 1.82) is 0 Å². The van der Waals surface area contributed by atoms with Gasteiger partial charge in [-0.2, -0.15) is 0 Å². The molecule has 1 unspecified atom stereocenters. The SMILES string of the molecule is Cc1cccc(N2CCN(C(=O)c3ccc(Cn4c(=O)c(=O)n(C)c5ccccc54)cc3)CC2C)c1. The number of carbonyl (C=O) groups excluding carboxylic acids is 1. The van der Waals surface area contributed by atoms with E-state index in [9.17, 15) is 14.4 Å². The van der Waals surface area contributed by atoms with Crippen LogP contribution in [0, 0.1) is 6.92 Å². The quantitative estimate of drug-likeness (QED) is 0.418. The van der Waals surface area contributed by atoms with Crippen LogP contribution < -0.4 is 16.0 Å². The van der Waals surface area contributed by atoms with Gasteiger partial charge in [0, 0.05) is 44.0 Å². The standard InChI is InChI=1S/C29H30N4O3/c1-20-7-6-8-24(17-20)32-16-15-31(18-21(32)2)27(34)23-13-11-22(12-14-23)19-33-26-10-5-4-9-25(26)30(3)28(35)29(33)36/h4-14,17,21H,15-16,18-19H2,1-3H3. The molecular formula is C29H30N4O3. The Balaban J connectivity index is 1.32. The highest BCUT2D eigenvalue weighted by atomic mass is 16.2. The molecule has 1 atom stereocenters. The summed E-state index contributed by atoms with van der Waals surface area (Å²) in [7, 11) is 1.61. The molecule has 1 aromatic heterocycles. The lowest BCUT2D eigenvalue weighted by atomic mass is 10.1. The largest absolute Gasteiger partial charge is 0.365 e. The van der Waals surface area contributed by atoms with Crippen LogP contribution in [0.25, 0.3) is 11.0 Å². The summed E-state index contributed by atoms with van der Waals surface area (Å²) in [6, 6.07) is 23.4. The van der Waals surface area contributed by atoms with Crippen molar-refractivity contribution < 1.29 is 4.79 Å². The second kappa shape index (κ2) is 9.49. The minimum Gasteiger partial charge on any atom is -0.365 e. The molecule has 4 aromatic rings. The molecule has 5 rings (SSSR count). The predicted molar refractivity (Wildman–Crippen MR) is 143 cm³/mol. The van der Waals surface area contributed by atoms with Gasteiger partial charge in [0.05, 0.1) is 17.6 Å². The lowest BCUT2D eigenvalue weighted by Crippen LogP contribution is -2.53. The van der Waals surface area contributed by atoms with Crippen molar-refractivity contribution >= 4 is 22.6 Å². The van der Waals surface area contributed by atoms with Gasteiger partial charge in [-0.25, -0.2) is 0 Å². The zero-order chi connectivity index (χ0) is 25.4. The molecule has 0 spiro atoms. The van der Waals surface area contributed by atoms with E-state index >= 15 is 0 Å². The first-order valence-electron chi connectivity index (χ1n) is 12.2. The highest BCUT2D eigenvalue weighted by Crippen LogP contribution is 2.23. The van der Waals surface area contributed by atoms with E-state index in [1.165, 1.54) is 20.4 Å². The van der Waals surface area contributed by atoms with Gasteiger partial charge in [-0.15, -0.1) is 0 Å². The Hall–Kier alpha value is -4.13. The van der Waals surface area contributed by atoms with Crippen LogP contribution in [0.2, 0.25) is 0 Å².